The third-order valence-corrected chi connectivity index (χ3v) is 6.28. The average Bonchev–Trinajstić information content (AvgIpc) is 3.28. The number of nitrogens with one attached hydrogen (secondary N) is 1. The second kappa shape index (κ2) is 8.12. The van der Waals surface area contributed by atoms with E-state index >= 15 is 0 Å². The Bertz CT molecular complexity index is 1160. The maximum absolute atomic E-state index is 5.88. The normalized spacial score (nSPS) is 21.5. The molecule has 6 rings (SSSR count). The molecular weight excluding hydrogens is 408 g/mol. The highest BCUT2D eigenvalue weighted by molar-refractivity contribution is 5.96. The van der Waals surface area contributed by atoms with Gasteiger partial charge in [0.15, 0.2) is 11.9 Å². The summed E-state index contributed by atoms with van der Waals surface area (Å²) in [4.78, 5) is 16.5. The number of aliphatic imine (C=N–C) groups is 1. The van der Waals surface area contributed by atoms with Crippen molar-refractivity contribution in [3.8, 4) is 11.3 Å². The van der Waals surface area contributed by atoms with Gasteiger partial charge in [-0.1, -0.05) is 6.07 Å². The summed E-state index contributed by atoms with van der Waals surface area (Å²) in [6.45, 7) is 4.40. The van der Waals surface area contributed by atoms with Crippen LogP contribution < -0.4 is 16.0 Å². The van der Waals surface area contributed by atoms with Crippen LogP contribution in [0.15, 0.2) is 29.4 Å². The molecule has 1 atom stereocenters. The first-order chi connectivity index (χ1) is 15.8. The number of morpholine rings is 1. The Hall–Kier alpha value is -3.08. The van der Waals surface area contributed by atoms with E-state index in [-0.39, 0.29) is 6.04 Å². The second-order valence-corrected chi connectivity index (χ2v) is 8.31. The van der Waals surface area contributed by atoms with Crippen LogP contribution in [0, 0.1) is 0 Å². The van der Waals surface area contributed by atoms with Crippen molar-refractivity contribution >= 4 is 28.9 Å². The van der Waals surface area contributed by atoms with E-state index in [2.05, 4.69) is 32.0 Å². The largest absolute Gasteiger partial charge is 0.381 e. The van der Waals surface area contributed by atoms with Crippen LogP contribution in [0.25, 0.3) is 22.3 Å². The minimum Gasteiger partial charge on any atom is -0.381 e. The van der Waals surface area contributed by atoms with Crippen molar-refractivity contribution < 1.29 is 9.47 Å². The van der Waals surface area contributed by atoms with Crippen molar-refractivity contribution in [2.45, 2.75) is 25.2 Å². The van der Waals surface area contributed by atoms with Gasteiger partial charge in [-0.15, -0.1) is 0 Å². The fourth-order valence-electron chi connectivity index (χ4n) is 4.54. The number of rotatable bonds is 3. The average molecular weight is 435 g/mol. The van der Waals surface area contributed by atoms with Gasteiger partial charge in [0.05, 0.1) is 36.5 Å². The lowest BCUT2D eigenvalue weighted by molar-refractivity contribution is 0.0673. The van der Waals surface area contributed by atoms with Crippen molar-refractivity contribution in [2.75, 3.05) is 49.7 Å². The molecule has 0 bridgehead atoms. The molecule has 3 aliphatic heterocycles. The summed E-state index contributed by atoms with van der Waals surface area (Å²) >= 11 is 0. The summed E-state index contributed by atoms with van der Waals surface area (Å²) in [5, 5.41) is 8.88. The first kappa shape index (κ1) is 19.6. The third-order valence-electron chi connectivity index (χ3n) is 6.28. The number of nitrogens with two attached hydrogens (primary N) is 1. The summed E-state index contributed by atoms with van der Waals surface area (Å²) in [5.41, 5.74) is 10.6. The van der Waals surface area contributed by atoms with E-state index in [1.807, 2.05) is 18.5 Å². The van der Waals surface area contributed by atoms with Gasteiger partial charge in [-0.2, -0.15) is 10.1 Å². The van der Waals surface area contributed by atoms with E-state index < -0.39 is 6.29 Å². The van der Waals surface area contributed by atoms with Gasteiger partial charge in [-0.3, -0.25) is 10.7 Å². The smallest absolute Gasteiger partial charge is 0.228 e. The SMILES string of the molecule is NC1N=Cc2cc(-c3nc(N4CCOCC4)nc4c3cnn4C3CCOCC3)ccc2N1. The molecule has 5 heterocycles. The Morgan fingerprint density at radius 3 is 2.69 bits per heavy atom. The summed E-state index contributed by atoms with van der Waals surface area (Å²) in [6, 6.07) is 6.46. The zero-order chi connectivity index (χ0) is 21.5. The number of hydrogen-bond donors (Lipinski definition) is 2. The van der Waals surface area contributed by atoms with E-state index in [1.54, 1.807) is 0 Å². The van der Waals surface area contributed by atoms with Crippen LogP contribution >= 0.6 is 0 Å². The van der Waals surface area contributed by atoms with Gasteiger partial charge in [-0.05, 0) is 25.0 Å². The zero-order valence-corrected chi connectivity index (χ0v) is 17.8. The van der Waals surface area contributed by atoms with Gasteiger partial charge in [0, 0.05) is 49.3 Å². The standard InChI is InChI=1S/C22H26N8O2/c23-21-24-12-15-11-14(1-2-18(15)26-21)19-17-13-25-30(16-3-7-31-8-4-16)20(17)28-22(27-19)29-5-9-32-10-6-29/h1-2,11-13,16,21,26H,3-10,23H2. The molecule has 32 heavy (non-hydrogen) atoms. The van der Waals surface area contributed by atoms with Gasteiger partial charge in [-0.25, -0.2) is 9.67 Å². The number of hydrogen-bond acceptors (Lipinski definition) is 9. The quantitative estimate of drug-likeness (QED) is 0.641. The third kappa shape index (κ3) is 3.50. The minimum atomic E-state index is -0.412. The maximum Gasteiger partial charge on any atom is 0.228 e. The highest BCUT2D eigenvalue weighted by Crippen LogP contribution is 2.33. The van der Waals surface area contributed by atoms with Gasteiger partial charge >= 0.3 is 0 Å². The molecule has 0 radical (unpaired) electrons. The van der Waals surface area contributed by atoms with Crippen LogP contribution in [0.4, 0.5) is 11.6 Å². The Balaban J connectivity index is 1.49. The van der Waals surface area contributed by atoms with Crippen LogP contribution in [0.1, 0.15) is 24.4 Å². The van der Waals surface area contributed by atoms with E-state index in [0.29, 0.717) is 13.2 Å². The van der Waals surface area contributed by atoms with E-state index in [9.17, 15) is 0 Å². The molecule has 3 aromatic rings. The molecule has 10 nitrogen and oxygen atoms in total. The molecule has 2 aromatic heterocycles. The van der Waals surface area contributed by atoms with Gasteiger partial charge < -0.3 is 19.7 Å². The maximum atomic E-state index is 5.88. The highest BCUT2D eigenvalue weighted by atomic mass is 16.5. The molecule has 0 spiro atoms. The van der Waals surface area contributed by atoms with Crippen molar-refractivity contribution in [2.24, 2.45) is 10.7 Å². The number of ether oxygens (including phenoxy) is 2. The van der Waals surface area contributed by atoms with Gasteiger partial charge in [0.25, 0.3) is 0 Å². The molecule has 3 aliphatic rings. The second-order valence-electron chi connectivity index (χ2n) is 8.31. The molecule has 0 saturated carbocycles. The lowest BCUT2D eigenvalue weighted by Crippen LogP contribution is -2.37. The molecule has 3 N–H and O–H groups in total. The molecule has 2 saturated heterocycles. The molecule has 166 valence electrons. The Labute approximate surface area is 185 Å². The van der Waals surface area contributed by atoms with Gasteiger partial charge in [0.2, 0.25) is 5.95 Å². The fourth-order valence-corrected chi connectivity index (χ4v) is 4.54. The van der Waals surface area contributed by atoms with E-state index in [4.69, 9.17) is 30.3 Å². The van der Waals surface area contributed by atoms with Crippen LogP contribution in [0.2, 0.25) is 0 Å². The first-order valence-electron chi connectivity index (χ1n) is 11.1. The zero-order valence-electron chi connectivity index (χ0n) is 17.8. The Kier molecular flexibility index (Phi) is 4.97. The lowest BCUT2D eigenvalue weighted by Gasteiger charge is -2.28. The van der Waals surface area contributed by atoms with Gasteiger partial charge in [0.1, 0.15) is 0 Å². The Morgan fingerprint density at radius 2 is 1.84 bits per heavy atom. The monoisotopic (exact) mass is 434 g/mol. The number of fused-ring (bicyclic) bond motifs is 2. The van der Waals surface area contributed by atoms with Crippen LogP contribution in [0.5, 0.6) is 0 Å². The lowest BCUT2D eigenvalue weighted by atomic mass is 10.0. The van der Waals surface area contributed by atoms with Crippen LogP contribution in [0.3, 0.4) is 0 Å². The summed E-state index contributed by atoms with van der Waals surface area (Å²) < 4.78 is 13.2. The number of anilines is 2. The van der Waals surface area contributed by atoms with Crippen molar-refractivity contribution in [1.29, 1.82) is 0 Å². The van der Waals surface area contributed by atoms with Crippen LogP contribution in [-0.4, -0.2) is 71.8 Å². The number of benzene rings is 1. The Morgan fingerprint density at radius 1 is 1.03 bits per heavy atom. The number of nitrogens with zero attached hydrogens (tertiary/aromatic N) is 6. The first-order valence-corrected chi connectivity index (χ1v) is 11.1. The molecular formula is C22H26N8O2. The van der Waals surface area contributed by atoms with E-state index in [0.717, 1.165) is 78.6 Å². The molecule has 0 aliphatic carbocycles. The van der Waals surface area contributed by atoms with Crippen molar-refractivity contribution in [3.05, 3.63) is 30.0 Å². The summed E-state index contributed by atoms with van der Waals surface area (Å²) in [5.74, 6) is 0.719. The minimum absolute atomic E-state index is 0.280. The molecule has 10 heteroatoms. The van der Waals surface area contributed by atoms with Crippen molar-refractivity contribution in [3.63, 3.8) is 0 Å². The van der Waals surface area contributed by atoms with E-state index in [1.165, 1.54) is 0 Å². The predicted octanol–water partition coefficient (Wildman–Crippen LogP) is 1.77. The highest BCUT2D eigenvalue weighted by Gasteiger charge is 2.24. The van der Waals surface area contributed by atoms with Crippen molar-refractivity contribution in [1.82, 2.24) is 19.7 Å². The number of aromatic nitrogens is 4. The summed E-state index contributed by atoms with van der Waals surface area (Å²) in [6.07, 6.45) is 5.16. The van der Waals surface area contributed by atoms with Crippen LogP contribution in [-0.2, 0) is 9.47 Å². The predicted molar refractivity (Wildman–Crippen MR) is 122 cm³/mol. The summed E-state index contributed by atoms with van der Waals surface area (Å²) in [7, 11) is 0. The molecule has 2 fully saturated rings. The topological polar surface area (TPSA) is 116 Å². The molecule has 1 unspecified atom stereocenters. The molecule has 1 aromatic carbocycles. The fraction of sp³-hybridized carbons (Fsp3) is 0.455. The molecule has 0 amide bonds.